The standard InChI is InChI=1S/C14H11F2N5O2/c1-23-13-5-8(15)12(4-9(13)16)21-7-11(19-20-21)14(22)10-6-17-2-3-18-10/h2-7,14,22H,1H3. The van der Waals surface area contributed by atoms with E-state index in [9.17, 15) is 13.9 Å². The Morgan fingerprint density at radius 2 is 2.00 bits per heavy atom. The van der Waals surface area contributed by atoms with Crippen LogP contribution in [0, 0.1) is 11.6 Å². The fourth-order valence-corrected chi connectivity index (χ4v) is 1.97. The number of aromatic nitrogens is 5. The molecule has 7 nitrogen and oxygen atoms in total. The Hall–Kier alpha value is -2.94. The van der Waals surface area contributed by atoms with Gasteiger partial charge in [-0.05, 0) is 0 Å². The summed E-state index contributed by atoms with van der Waals surface area (Å²) in [6.07, 6.45) is 4.36. The van der Waals surface area contributed by atoms with Crippen molar-refractivity contribution in [3.05, 3.63) is 59.9 Å². The first-order valence-corrected chi connectivity index (χ1v) is 6.49. The molecule has 0 saturated heterocycles. The van der Waals surface area contributed by atoms with Crippen LogP contribution in [-0.2, 0) is 0 Å². The molecule has 2 aromatic heterocycles. The predicted molar refractivity (Wildman–Crippen MR) is 73.9 cm³/mol. The summed E-state index contributed by atoms with van der Waals surface area (Å²) in [6, 6.07) is 1.84. The topological polar surface area (TPSA) is 86.0 Å². The second kappa shape index (κ2) is 6.05. The van der Waals surface area contributed by atoms with E-state index in [4.69, 9.17) is 4.74 Å². The number of halogens is 2. The number of benzene rings is 1. The van der Waals surface area contributed by atoms with Crippen molar-refractivity contribution >= 4 is 0 Å². The minimum absolute atomic E-state index is 0.126. The van der Waals surface area contributed by atoms with Gasteiger partial charge in [-0.3, -0.25) is 9.97 Å². The van der Waals surface area contributed by atoms with Crippen LogP contribution < -0.4 is 4.74 Å². The van der Waals surface area contributed by atoms with E-state index in [1.54, 1.807) is 0 Å². The van der Waals surface area contributed by atoms with Crippen LogP contribution in [0.4, 0.5) is 8.78 Å². The van der Waals surface area contributed by atoms with E-state index in [1.807, 2.05) is 0 Å². The molecule has 23 heavy (non-hydrogen) atoms. The van der Waals surface area contributed by atoms with Crippen molar-refractivity contribution in [1.82, 2.24) is 25.0 Å². The van der Waals surface area contributed by atoms with Gasteiger partial charge in [0.15, 0.2) is 17.4 Å². The summed E-state index contributed by atoms with van der Waals surface area (Å²) in [5.74, 6) is -1.70. The molecule has 0 aliphatic carbocycles. The lowest BCUT2D eigenvalue weighted by atomic mass is 10.2. The SMILES string of the molecule is COc1cc(F)c(-n2cc(C(O)c3cnccn3)nn2)cc1F. The largest absolute Gasteiger partial charge is 0.494 e. The fraction of sp³-hybridized carbons (Fsp3) is 0.143. The Morgan fingerprint density at radius 3 is 2.70 bits per heavy atom. The van der Waals surface area contributed by atoms with Gasteiger partial charge in [-0.15, -0.1) is 5.10 Å². The first kappa shape index (κ1) is 15.0. The van der Waals surface area contributed by atoms with Gasteiger partial charge in [0, 0.05) is 24.5 Å². The average Bonchev–Trinajstić information content (AvgIpc) is 3.06. The zero-order valence-corrected chi connectivity index (χ0v) is 11.9. The molecule has 2 heterocycles. The molecule has 0 radical (unpaired) electrons. The first-order chi connectivity index (χ1) is 11.1. The molecule has 0 bridgehead atoms. The van der Waals surface area contributed by atoms with Gasteiger partial charge in [0.1, 0.15) is 17.5 Å². The minimum Gasteiger partial charge on any atom is -0.494 e. The van der Waals surface area contributed by atoms with E-state index < -0.39 is 17.7 Å². The molecule has 1 N–H and O–H groups in total. The van der Waals surface area contributed by atoms with Crippen molar-refractivity contribution < 1.29 is 18.6 Å². The van der Waals surface area contributed by atoms with Gasteiger partial charge in [-0.25, -0.2) is 13.5 Å². The van der Waals surface area contributed by atoms with Crippen molar-refractivity contribution in [2.24, 2.45) is 0 Å². The van der Waals surface area contributed by atoms with Gasteiger partial charge in [0.2, 0.25) is 0 Å². The highest BCUT2D eigenvalue weighted by atomic mass is 19.1. The van der Waals surface area contributed by atoms with Crippen molar-refractivity contribution in [3.8, 4) is 11.4 Å². The molecule has 0 saturated carbocycles. The zero-order chi connectivity index (χ0) is 16.4. The highest BCUT2D eigenvalue weighted by Crippen LogP contribution is 2.24. The lowest BCUT2D eigenvalue weighted by molar-refractivity contribution is 0.209. The van der Waals surface area contributed by atoms with Gasteiger partial charge in [-0.2, -0.15) is 0 Å². The molecule has 0 fully saturated rings. The van der Waals surface area contributed by atoms with Crippen LogP contribution in [0.1, 0.15) is 17.5 Å². The Kier molecular flexibility index (Phi) is 3.94. The third-order valence-electron chi connectivity index (χ3n) is 3.12. The van der Waals surface area contributed by atoms with Crippen molar-refractivity contribution in [3.63, 3.8) is 0 Å². The van der Waals surface area contributed by atoms with Gasteiger partial charge in [0.25, 0.3) is 0 Å². The molecule has 0 spiro atoms. The molecule has 0 aliphatic rings. The predicted octanol–water partition coefficient (Wildman–Crippen LogP) is 1.43. The molecule has 3 rings (SSSR count). The van der Waals surface area contributed by atoms with Crippen LogP contribution in [0.15, 0.2) is 36.9 Å². The quantitative estimate of drug-likeness (QED) is 0.783. The number of rotatable bonds is 4. The van der Waals surface area contributed by atoms with E-state index in [0.717, 1.165) is 16.8 Å². The maximum atomic E-state index is 14.0. The average molecular weight is 319 g/mol. The normalized spacial score (nSPS) is 12.2. The summed E-state index contributed by atoms with van der Waals surface area (Å²) in [5, 5.41) is 17.6. The van der Waals surface area contributed by atoms with Crippen LogP contribution in [0.5, 0.6) is 5.75 Å². The Labute approximate surface area is 129 Å². The molecule has 118 valence electrons. The third-order valence-corrected chi connectivity index (χ3v) is 3.12. The van der Waals surface area contributed by atoms with Crippen molar-refractivity contribution in [2.45, 2.75) is 6.10 Å². The number of aliphatic hydroxyl groups is 1. The second-order valence-electron chi connectivity index (χ2n) is 4.56. The van der Waals surface area contributed by atoms with Crippen LogP contribution in [0.25, 0.3) is 5.69 Å². The second-order valence-corrected chi connectivity index (χ2v) is 4.56. The van der Waals surface area contributed by atoms with E-state index in [-0.39, 0.29) is 22.8 Å². The zero-order valence-electron chi connectivity index (χ0n) is 11.9. The molecule has 1 unspecified atom stereocenters. The van der Waals surface area contributed by atoms with Crippen LogP contribution in [0.3, 0.4) is 0 Å². The first-order valence-electron chi connectivity index (χ1n) is 6.49. The summed E-state index contributed by atoms with van der Waals surface area (Å²) < 4.78 is 33.5. The summed E-state index contributed by atoms with van der Waals surface area (Å²) in [5.41, 5.74) is 0.232. The monoisotopic (exact) mass is 319 g/mol. The fourth-order valence-electron chi connectivity index (χ4n) is 1.97. The minimum atomic E-state index is -1.18. The molecule has 1 atom stereocenters. The van der Waals surface area contributed by atoms with Crippen LogP contribution in [-0.4, -0.2) is 37.2 Å². The van der Waals surface area contributed by atoms with E-state index >= 15 is 0 Å². The summed E-state index contributed by atoms with van der Waals surface area (Å²) >= 11 is 0. The number of nitrogens with zero attached hydrogens (tertiary/aromatic N) is 5. The Bertz CT molecular complexity index is 825. The lowest BCUT2D eigenvalue weighted by Crippen LogP contribution is -2.03. The van der Waals surface area contributed by atoms with Gasteiger partial charge < -0.3 is 9.84 Å². The van der Waals surface area contributed by atoms with Crippen LogP contribution in [0.2, 0.25) is 0 Å². The van der Waals surface area contributed by atoms with E-state index in [0.29, 0.717) is 0 Å². The Morgan fingerprint density at radius 1 is 1.17 bits per heavy atom. The van der Waals surface area contributed by atoms with Crippen LogP contribution >= 0.6 is 0 Å². The molecule has 0 amide bonds. The number of methoxy groups -OCH3 is 1. The van der Waals surface area contributed by atoms with Gasteiger partial charge in [-0.1, -0.05) is 5.21 Å². The summed E-state index contributed by atoms with van der Waals surface area (Å²) in [4.78, 5) is 7.79. The summed E-state index contributed by atoms with van der Waals surface area (Å²) in [7, 11) is 1.24. The van der Waals surface area contributed by atoms with Crippen molar-refractivity contribution in [2.75, 3.05) is 7.11 Å². The smallest absolute Gasteiger partial charge is 0.167 e. The van der Waals surface area contributed by atoms with E-state index in [2.05, 4.69) is 20.3 Å². The third kappa shape index (κ3) is 2.86. The van der Waals surface area contributed by atoms with E-state index in [1.165, 1.54) is 31.9 Å². The number of hydrogen-bond acceptors (Lipinski definition) is 6. The molecular formula is C14H11F2N5O2. The highest BCUT2D eigenvalue weighted by Gasteiger charge is 2.18. The Balaban J connectivity index is 1.95. The summed E-state index contributed by atoms with van der Waals surface area (Å²) in [6.45, 7) is 0. The number of aliphatic hydroxyl groups excluding tert-OH is 1. The van der Waals surface area contributed by atoms with Gasteiger partial charge in [0.05, 0.1) is 25.2 Å². The molecule has 0 aliphatic heterocycles. The number of ether oxygens (including phenoxy) is 1. The molecule has 1 aromatic carbocycles. The van der Waals surface area contributed by atoms with Crippen molar-refractivity contribution in [1.29, 1.82) is 0 Å². The lowest BCUT2D eigenvalue weighted by Gasteiger charge is -2.07. The maximum Gasteiger partial charge on any atom is 0.167 e. The highest BCUT2D eigenvalue weighted by molar-refractivity contribution is 5.40. The maximum absolute atomic E-state index is 14.0. The number of hydrogen-bond donors (Lipinski definition) is 1. The molecule has 3 aromatic rings. The van der Waals surface area contributed by atoms with Gasteiger partial charge >= 0.3 is 0 Å². The molecular weight excluding hydrogens is 308 g/mol. The molecule has 9 heteroatoms.